The van der Waals surface area contributed by atoms with Gasteiger partial charge in [-0.3, -0.25) is 0 Å². The van der Waals surface area contributed by atoms with Crippen molar-refractivity contribution in [3.63, 3.8) is 0 Å². The van der Waals surface area contributed by atoms with E-state index in [2.05, 4.69) is 0 Å². The van der Waals surface area contributed by atoms with Crippen molar-refractivity contribution < 1.29 is 4.80 Å². The Hall–Kier alpha value is 0.137. The molecule has 0 saturated heterocycles. The van der Waals surface area contributed by atoms with E-state index >= 15 is 0 Å². The molecular weight excluding hydrogens is 82.1 g/mol. The Morgan fingerprint density at radius 1 is 1.80 bits per heavy atom. The molecule has 0 spiro atoms. The van der Waals surface area contributed by atoms with Crippen molar-refractivity contribution in [3.05, 3.63) is 0 Å². The van der Waals surface area contributed by atoms with E-state index in [1.165, 1.54) is 0 Å². The Bertz CT molecular complexity index is 17.1. The standard InChI is InChI=1S/C2H9NOSi/c3-1-2-5-4/h4H,1-3,5H2. The maximum absolute atomic E-state index is 8.13. The van der Waals surface area contributed by atoms with Crippen LogP contribution in [0.2, 0.25) is 6.04 Å². The van der Waals surface area contributed by atoms with Gasteiger partial charge in [0.1, 0.15) is 0 Å². The van der Waals surface area contributed by atoms with E-state index in [-0.39, 0.29) is 0 Å². The van der Waals surface area contributed by atoms with Gasteiger partial charge in [0.25, 0.3) is 0 Å². The minimum absolute atomic E-state index is 0.655. The van der Waals surface area contributed by atoms with E-state index in [4.69, 9.17) is 10.5 Å². The molecule has 0 bridgehead atoms. The predicted molar refractivity (Wildman–Crippen MR) is 24.6 cm³/mol. The molecule has 32 valence electrons. The van der Waals surface area contributed by atoms with Crippen molar-refractivity contribution in [3.8, 4) is 0 Å². The monoisotopic (exact) mass is 91.0 g/mol. The fraction of sp³-hybridized carbons (Fsp3) is 1.00. The lowest BCUT2D eigenvalue weighted by Gasteiger charge is -1.78. The fourth-order valence-electron chi connectivity index (χ4n) is 0.0913. The third-order valence-electron chi connectivity index (χ3n) is 0.362. The van der Waals surface area contributed by atoms with Crippen LogP contribution in [0.1, 0.15) is 0 Å². The van der Waals surface area contributed by atoms with Gasteiger partial charge in [0.15, 0.2) is 9.76 Å². The van der Waals surface area contributed by atoms with E-state index in [0.717, 1.165) is 6.04 Å². The highest BCUT2D eigenvalue weighted by molar-refractivity contribution is 6.25. The van der Waals surface area contributed by atoms with Gasteiger partial charge in [-0.15, -0.1) is 0 Å². The van der Waals surface area contributed by atoms with Crippen LogP contribution in [0.15, 0.2) is 0 Å². The summed E-state index contributed by atoms with van der Waals surface area (Å²) in [4.78, 5) is 8.13. The number of hydrogen-bond acceptors (Lipinski definition) is 2. The van der Waals surface area contributed by atoms with Crippen LogP contribution in [-0.2, 0) is 0 Å². The maximum Gasteiger partial charge on any atom is 0.157 e. The van der Waals surface area contributed by atoms with Crippen molar-refractivity contribution in [2.75, 3.05) is 6.54 Å². The molecule has 0 fully saturated rings. The van der Waals surface area contributed by atoms with Gasteiger partial charge in [-0.2, -0.15) is 0 Å². The van der Waals surface area contributed by atoms with Gasteiger partial charge in [0.2, 0.25) is 0 Å². The lowest BCUT2D eigenvalue weighted by atomic mass is 10.8. The molecule has 3 heteroatoms. The SMILES string of the molecule is NCC[SiH2]O. The summed E-state index contributed by atoms with van der Waals surface area (Å²) in [5.41, 5.74) is 5.01. The van der Waals surface area contributed by atoms with E-state index in [9.17, 15) is 0 Å². The minimum atomic E-state index is -0.711. The van der Waals surface area contributed by atoms with E-state index in [0.29, 0.717) is 6.54 Å². The van der Waals surface area contributed by atoms with Crippen LogP contribution in [0.4, 0.5) is 0 Å². The van der Waals surface area contributed by atoms with Crippen molar-refractivity contribution in [2.45, 2.75) is 6.04 Å². The summed E-state index contributed by atoms with van der Waals surface area (Å²) < 4.78 is 0. The largest absolute Gasteiger partial charge is 0.438 e. The molecule has 0 aliphatic rings. The van der Waals surface area contributed by atoms with Crippen LogP contribution in [0, 0.1) is 0 Å². The Labute approximate surface area is 33.9 Å². The van der Waals surface area contributed by atoms with Crippen molar-refractivity contribution in [1.82, 2.24) is 0 Å². The fourth-order valence-corrected chi connectivity index (χ4v) is 0.274. The van der Waals surface area contributed by atoms with Crippen LogP contribution < -0.4 is 5.73 Å². The molecule has 2 nitrogen and oxygen atoms in total. The number of nitrogens with two attached hydrogens (primary N) is 1. The van der Waals surface area contributed by atoms with Crippen molar-refractivity contribution >= 4 is 9.76 Å². The first-order chi connectivity index (χ1) is 2.41. The summed E-state index contributed by atoms with van der Waals surface area (Å²) in [6, 6.07) is 0.861. The zero-order chi connectivity index (χ0) is 4.12. The Morgan fingerprint density at radius 2 is 2.40 bits per heavy atom. The zero-order valence-electron chi connectivity index (χ0n) is 3.15. The second kappa shape index (κ2) is 4.14. The van der Waals surface area contributed by atoms with E-state index in [1.807, 2.05) is 0 Å². The van der Waals surface area contributed by atoms with Gasteiger partial charge in [-0.05, 0) is 12.6 Å². The summed E-state index contributed by atoms with van der Waals surface area (Å²) in [6.07, 6.45) is 0. The highest BCUT2D eigenvalue weighted by Crippen LogP contribution is 1.60. The number of hydrogen-bond donors (Lipinski definition) is 2. The zero-order valence-corrected chi connectivity index (χ0v) is 4.56. The molecular formula is C2H9NOSi. The van der Waals surface area contributed by atoms with E-state index in [1.54, 1.807) is 0 Å². The van der Waals surface area contributed by atoms with Crippen LogP contribution in [0.25, 0.3) is 0 Å². The summed E-state index contributed by atoms with van der Waals surface area (Å²) in [6.45, 7) is 0.655. The highest BCUT2D eigenvalue weighted by atomic mass is 28.2. The summed E-state index contributed by atoms with van der Waals surface area (Å²) in [5, 5.41) is 0. The second-order valence-corrected chi connectivity index (χ2v) is 2.02. The van der Waals surface area contributed by atoms with Gasteiger partial charge in [0, 0.05) is 0 Å². The molecule has 0 aromatic carbocycles. The Balaban J connectivity index is 2.19. The topological polar surface area (TPSA) is 46.2 Å². The normalized spacial score (nSPS) is 10.8. The van der Waals surface area contributed by atoms with Gasteiger partial charge in [-0.1, -0.05) is 0 Å². The summed E-state index contributed by atoms with van der Waals surface area (Å²) in [7, 11) is -0.711. The molecule has 0 aromatic rings. The third kappa shape index (κ3) is 4.14. The Morgan fingerprint density at radius 3 is 2.40 bits per heavy atom. The molecule has 0 heterocycles. The average molecular weight is 91.2 g/mol. The molecule has 0 aliphatic carbocycles. The molecule has 5 heavy (non-hydrogen) atoms. The van der Waals surface area contributed by atoms with Gasteiger partial charge >= 0.3 is 0 Å². The first kappa shape index (κ1) is 5.14. The molecule has 0 radical (unpaired) electrons. The first-order valence-electron chi connectivity index (χ1n) is 1.72. The molecule has 0 saturated carbocycles. The molecule has 3 N–H and O–H groups in total. The smallest absolute Gasteiger partial charge is 0.157 e. The molecule has 0 aromatic heterocycles. The molecule has 0 amide bonds. The van der Waals surface area contributed by atoms with Crippen LogP contribution in [0.5, 0.6) is 0 Å². The molecule has 0 atom stereocenters. The predicted octanol–water partition coefficient (Wildman–Crippen LogP) is -1.56. The van der Waals surface area contributed by atoms with Gasteiger partial charge in [0.05, 0.1) is 0 Å². The first-order valence-corrected chi connectivity index (χ1v) is 3.36. The van der Waals surface area contributed by atoms with Gasteiger partial charge < -0.3 is 10.5 Å². The Kier molecular flexibility index (Phi) is 4.25. The maximum atomic E-state index is 8.13. The third-order valence-corrected chi connectivity index (χ3v) is 1.09. The van der Waals surface area contributed by atoms with Crippen LogP contribution in [-0.4, -0.2) is 21.1 Å². The molecule has 0 rings (SSSR count). The minimum Gasteiger partial charge on any atom is -0.438 e. The van der Waals surface area contributed by atoms with Crippen molar-refractivity contribution in [2.24, 2.45) is 5.73 Å². The van der Waals surface area contributed by atoms with Crippen LogP contribution in [0.3, 0.4) is 0 Å². The molecule has 0 aliphatic heterocycles. The number of rotatable bonds is 2. The quantitative estimate of drug-likeness (QED) is 0.404. The van der Waals surface area contributed by atoms with E-state index < -0.39 is 9.76 Å². The lowest BCUT2D eigenvalue weighted by Crippen LogP contribution is -2.01. The summed E-state index contributed by atoms with van der Waals surface area (Å²) >= 11 is 0. The van der Waals surface area contributed by atoms with Gasteiger partial charge in [-0.25, -0.2) is 0 Å². The lowest BCUT2D eigenvalue weighted by molar-refractivity contribution is 0.600. The highest BCUT2D eigenvalue weighted by Gasteiger charge is 1.71. The van der Waals surface area contributed by atoms with Crippen molar-refractivity contribution in [1.29, 1.82) is 0 Å². The second-order valence-electron chi connectivity index (χ2n) is 0.866. The van der Waals surface area contributed by atoms with Crippen LogP contribution >= 0.6 is 0 Å². The average Bonchev–Trinajstić information content (AvgIpc) is 1.41. The molecule has 0 unspecified atom stereocenters. The summed E-state index contributed by atoms with van der Waals surface area (Å²) in [5.74, 6) is 0.